The van der Waals surface area contributed by atoms with Crippen molar-refractivity contribution in [3.05, 3.63) is 71.2 Å². The number of pyridine rings is 1. The minimum atomic E-state index is -2.68. The zero-order valence-corrected chi connectivity index (χ0v) is 23.0. The second kappa shape index (κ2) is 11.2. The Balaban J connectivity index is 1.41. The number of primary amides is 1. The zero-order chi connectivity index (χ0) is 30.2. The van der Waals surface area contributed by atoms with Crippen LogP contribution in [-0.2, 0) is 16.1 Å². The van der Waals surface area contributed by atoms with Gasteiger partial charge in [-0.05, 0) is 75.2 Å². The number of alkyl halides is 1. The van der Waals surface area contributed by atoms with Gasteiger partial charge in [0.2, 0.25) is 0 Å². The van der Waals surface area contributed by atoms with E-state index in [0.717, 1.165) is 12.8 Å². The molecule has 42 heavy (non-hydrogen) atoms. The summed E-state index contributed by atoms with van der Waals surface area (Å²) >= 11 is 0. The molecular formula is C30H31F2N3O7. The molecule has 10 nitrogen and oxygen atoms in total. The lowest BCUT2D eigenvalue weighted by Crippen LogP contribution is -2.40. The fourth-order valence-corrected chi connectivity index (χ4v) is 4.39. The quantitative estimate of drug-likeness (QED) is 0.269. The number of amides is 2. The Morgan fingerprint density at radius 1 is 1.21 bits per heavy atom. The summed E-state index contributed by atoms with van der Waals surface area (Å²) in [5.41, 5.74) is 1.17. The first-order chi connectivity index (χ1) is 19.9. The number of aromatic nitrogens is 1. The zero-order valence-electron chi connectivity index (χ0n) is 23.0. The molecule has 3 atom stereocenters. The fraction of sp³-hybridized carbons (Fsp3) is 0.367. The van der Waals surface area contributed by atoms with Crippen LogP contribution in [-0.4, -0.2) is 59.0 Å². The number of nitrogens with one attached hydrogen (secondary N) is 1. The maximum absolute atomic E-state index is 15.7. The largest absolute Gasteiger partial charge is 0.487 e. The molecule has 1 aliphatic heterocycles. The number of aliphatic hydroxyl groups is 2. The Hall–Kier alpha value is -4.29. The molecule has 1 saturated carbocycles. The SMILES string of the molecule is C[C@@H](O)COc1ccc(C(=O)NC[C@](C)(O)c2cc3c(c(-c4ccc(F)cc4)n2)OC[C@]3(F)C(N)=O)cc1OC1CC1. The van der Waals surface area contributed by atoms with Crippen molar-refractivity contribution in [1.82, 2.24) is 10.3 Å². The molecule has 0 radical (unpaired) electrons. The first-order valence-corrected chi connectivity index (χ1v) is 13.4. The number of fused-ring (bicyclic) bond motifs is 1. The van der Waals surface area contributed by atoms with Gasteiger partial charge in [-0.25, -0.2) is 13.8 Å². The first kappa shape index (κ1) is 29.2. The first-order valence-electron chi connectivity index (χ1n) is 13.4. The van der Waals surface area contributed by atoms with Gasteiger partial charge in [-0.3, -0.25) is 9.59 Å². The topological polar surface area (TPSA) is 153 Å². The predicted molar refractivity (Wildman–Crippen MR) is 146 cm³/mol. The summed E-state index contributed by atoms with van der Waals surface area (Å²) in [7, 11) is 0. The molecule has 2 aromatic carbocycles. The smallest absolute Gasteiger partial charge is 0.263 e. The second-order valence-electron chi connectivity index (χ2n) is 10.8. The van der Waals surface area contributed by atoms with Gasteiger partial charge >= 0.3 is 0 Å². The number of benzene rings is 2. The van der Waals surface area contributed by atoms with Gasteiger partial charge in [-0.15, -0.1) is 0 Å². The Kier molecular flexibility index (Phi) is 7.78. The number of nitrogens with two attached hydrogens (primary N) is 1. The van der Waals surface area contributed by atoms with Crippen LogP contribution in [0.4, 0.5) is 8.78 Å². The summed E-state index contributed by atoms with van der Waals surface area (Å²) in [4.78, 5) is 29.6. The number of nitrogens with zero attached hydrogens (tertiary/aromatic N) is 1. The maximum Gasteiger partial charge on any atom is 0.263 e. The second-order valence-corrected chi connectivity index (χ2v) is 10.8. The van der Waals surface area contributed by atoms with E-state index in [4.69, 9.17) is 19.9 Å². The van der Waals surface area contributed by atoms with Gasteiger partial charge in [0, 0.05) is 16.7 Å². The molecule has 2 heterocycles. The van der Waals surface area contributed by atoms with Gasteiger partial charge in [-0.2, -0.15) is 0 Å². The van der Waals surface area contributed by atoms with E-state index in [9.17, 15) is 24.2 Å². The third kappa shape index (κ3) is 6.00. The number of rotatable bonds is 11. The van der Waals surface area contributed by atoms with E-state index in [1.165, 1.54) is 49.4 Å². The molecule has 5 N–H and O–H groups in total. The van der Waals surface area contributed by atoms with Crippen LogP contribution in [0.2, 0.25) is 0 Å². The van der Waals surface area contributed by atoms with Crippen LogP contribution in [0.15, 0.2) is 48.5 Å². The summed E-state index contributed by atoms with van der Waals surface area (Å²) in [6, 6.07) is 11.0. The minimum absolute atomic E-state index is 0.0196. The molecule has 1 aromatic heterocycles. The lowest BCUT2D eigenvalue weighted by molar-refractivity contribution is -0.130. The van der Waals surface area contributed by atoms with E-state index in [1.54, 1.807) is 13.0 Å². The molecular weight excluding hydrogens is 552 g/mol. The van der Waals surface area contributed by atoms with Crippen LogP contribution < -0.4 is 25.3 Å². The molecule has 3 aromatic rings. The Morgan fingerprint density at radius 3 is 2.57 bits per heavy atom. The van der Waals surface area contributed by atoms with E-state index in [0.29, 0.717) is 17.1 Å². The van der Waals surface area contributed by atoms with Gasteiger partial charge in [0.15, 0.2) is 17.2 Å². The summed E-state index contributed by atoms with van der Waals surface area (Å²) in [5, 5.41) is 23.6. The van der Waals surface area contributed by atoms with E-state index >= 15 is 4.39 Å². The average molecular weight is 584 g/mol. The van der Waals surface area contributed by atoms with Crippen molar-refractivity contribution in [3.63, 3.8) is 0 Å². The van der Waals surface area contributed by atoms with Crippen molar-refractivity contribution in [2.24, 2.45) is 5.73 Å². The number of carbonyl (C=O) groups excluding carboxylic acids is 2. The Morgan fingerprint density at radius 2 is 1.93 bits per heavy atom. The van der Waals surface area contributed by atoms with E-state index in [-0.39, 0.29) is 47.5 Å². The van der Waals surface area contributed by atoms with E-state index in [2.05, 4.69) is 10.3 Å². The molecule has 0 saturated heterocycles. The predicted octanol–water partition coefficient (Wildman–Crippen LogP) is 2.87. The normalized spacial score (nSPS) is 19.7. The molecule has 0 unspecified atom stereocenters. The van der Waals surface area contributed by atoms with Crippen molar-refractivity contribution in [3.8, 4) is 28.5 Å². The van der Waals surface area contributed by atoms with Crippen molar-refractivity contribution in [1.29, 1.82) is 0 Å². The fourth-order valence-electron chi connectivity index (χ4n) is 4.39. The van der Waals surface area contributed by atoms with Gasteiger partial charge in [0.05, 0.1) is 24.4 Å². The van der Waals surface area contributed by atoms with Crippen LogP contribution in [0.3, 0.4) is 0 Å². The molecule has 0 bridgehead atoms. The summed E-state index contributed by atoms with van der Waals surface area (Å²) < 4.78 is 46.2. The Labute approximate surface area is 240 Å². The molecule has 1 fully saturated rings. The molecule has 0 spiro atoms. The number of halogens is 2. The van der Waals surface area contributed by atoms with Gasteiger partial charge in [-0.1, -0.05) is 0 Å². The lowest BCUT2D eigenvalue weighted by atomic mass is 9.91. The number of ether oxygens (including phenoxy) is 3. The van der Waals surface area contributed by atoms with Crippen LogP contribution in [0.1, 0.15) is 48.3 Å². The monoisotopic (exact) mass is 583 g/mol. The highest BCUT2D eigenvalue weighted by Gasteiger charge is 2.49. The number of hydrogen-bond acceptors (Lipinski definition) is 8. The highest BCUT2D eigenvalue weighted by atomic mass is 19.1. The van der Waals surface area contributed by atoms with Crippen LogP contribution in [0.5, 0.6) is 17.2 Å². The molecule has 5 rings (SSSR count). The Bertz CT molecular complexity index is 1510. The van der Waals surface area contributed by atoms with Gasteiger partial charge in [0.1, 0.15) is 30.3 Å². The summed E-state index contributed by atoms with van der Waals surface area (Å²) in [5.74, 6) is -1.64. The molecule has 2 aliphatic rings. The lowest BCUT2D eigenvalue weighted by Gasteiger charge is -2.25. The minimum Gasteiger partial charge on any atom is -0.487 e. The van der Waals surface area contributed by atoms with Crippen molar-refractivity contribution >= 4 is 11.8 Å². The molecule has 222 valence electrons. The average Bonchev–Trinajstić information content (AvgIpc) is 3.70. The van der Waals surface area contributed by atoms with Gasteiger partial charge in [0.25, 0.3) is 17.5 Å². The third-order valence-electron chi connectivity index (χ3n) is 6.97. The van der Waals surface area contributed by atoms with Crippen molar-refractivity contribution < 1.29 is 42.8 Å². The molecule has 12 heteroatoms. The van der Waals surface area contributed by atoms with Crippen LogP contribution in [0, 0.1) is 5.82 Å². The van der Waals surface area contributed by atoms with Gasteiger partial charge < -0.3 is 35.5 Å². The highest BCUT2D eigenvalue weighted by molar-refractivity contribution is 5.95. The standard InChI is InChI=1S/C30H31F2N3O7/c1-16(36)13-40-22-10-5-18(11-23(22)42-20-8-9-20)27(37)34-14-29(2,39)24-12-21-26(41-15-30(21,32)28(33)38)25(35-24)17-3-6-19(31)7-4-17/h3-7,10-12,16,20,36,39H,8-9,13-15H2,1-2H3,(H2,33,38)(H,34,37)/t16-,29+,30-/m1/s1. The molecule has 2 amide bonds. The maximum atomic E-state index is 15.7. The highest BCUT2D eigenvalue weighted by Crippen LogP contribution is 2.46. The van der Waals surface area contributed by atoms with E-state index in [1.807, 2.05) is 0 Å². The third-order valence-corrected chi connectivity index (χ3v) is 6.97. The van der Waals surface area contributed by atoms with Crippen molar-refractivity contribution in [2.75, 3.05) is 19.8 Å². The van der Waals surface area contributed by atoms with Crippen LogP contribution in [0.25, 0.3) is 11.3 Å². The summed E-state index contributed by atoms with van der Waals surface area (Å²) in [6.45, 7) is 1.96. The molecule has 1 aliphatic carbocycles. The number of aliphatic hydroxyl groups excluding tert-OH is 1. The van der Waals surface area contributed by atoms with Crippen LogP contribution >= 0.6 is 0 Å². The number of hydrogen-bond donors (Lipinski definition) is 4. The number of carbonyl (C=O) groups is 2. The van der Waals surface area contributed by atoms with E-state index < -0.39 is 41.6 Å². The van der Waals surface area contributed by atoms with Crippen molar-refractivity contribution in [2.45, 2.75) is 50.2 Å². The summed E-state index contributed by atoms with van der Waals surface area (Å²) in [6.07, 6.45) is 1.08.